The first-order valence-electron chi connectivity index (χ1n) is 22.9. The van der Waals surface area contributed by atoms with E-state index in [4.69, 9.17) is 6.58 Å². The molecular formula is C57H55BN2S2. The number of H-pyrrole nitrogens is 1. The summed E-state index contributed by atoms with van der Waals surface area (Å²) in [6.45, 7) is 24.4. The maximum Gasteiger partial charge on any atom is 0.198 e. The number of allylic oxidation sites excluding steroid dienone is 6. The van der Waals surface area contributed by atoms with Crippen molar-refractivity contribution in [1.29, 1.82) is 0 Å². The van der Waals surface area contributed by atoms with Gasteiger partial charge >= 0.3 is 0 Å². The molecule has 308 valence electrons. The van der Waals surface area contributed by atoms with Gasteiger partial charge in [-0.1, -0.05) is 126 Å². The van der Waals surface area contributed by atoms with Crippen LogP contribution in [-0.2, 0) is 18.3 Å². The van der Waals surface area contributed by atoms with E-state index in [1.54, 1.807) is 5.56 Å². The number of fused-ring (bicyclic) bond motifs is 13. The SMILES string of the molecule is C=C(/C(C)=C\C1=C(C)C(C)(C)CCC1(C)C)N1c2cc3c(cc2Bc2c1cc1c(sc4ccccc41)c2C1=CCCc2c1[nH]c1sc4c(c21)CCC=C4)C(C)(C)c1ccccc1-3. The molecule has 5 aliphatic rings. The fourth-order valence-electron chi connectivity index (χ4n) is 12.1. The number of rotatable bonds is 4. The Morgan fingerprint density at radius 3 is 2.45 bits per heavy atom. The fraction of sp³-hybridized carbons (Fsp3) is 0.298. The predicted molar refractivity (Wildman–Crippen MR) is 273 cm³/mol. The highest BCUT2D eigenvalue weighted by Gasteiger charge is 2.41. The molecule has 0 fully saturated rings. The molecule has 0 unspecified atom stereocenters. The minimum atomic E-state index is -0.0916. The Bertz CT molecular complexity index is 3290. The number of aryl methyl sites for hydroxylation is 2. The molecular weight excluding hydrogens is 788 g/mol. The molecule has 4 aliphatic carbocycles. The van der Waals surface area contributed by atoms with Gasteiger partial charge in [0.25, 0.3) is 0 Å². The largest absolute Gasteiger partial charge is 0.346 e. The highest BCUT2D eigenvalue weighted by atomic mass is 32.1. The van der Waals surface area contributed by atoms with Crippen molar-refractivity contribution in [3.05, 3.63) is 152 Å². The molecule has 62 heavy (non-hydrogen) atoms. The van der Waals surface area contributed by atoms with Crippen LogP contribution in [0.25, 0.3) is 53.2 Å². The van der Waals surface area contributed by atoms with Gasteiger partial charge in [-0.2, -0.15) is 0 Å². The summed E-state index contributed by atoms with van der Waals surface area (Å²) in [5.74, 6) is 0. The minimum Gasteiger partial charge on any atom is -0.346 e. The number of aromatic amines is 1. The topological polar surface area (TPSA) is 19.0 Å². The van der Waals surface area contributed by atoms with E-state index < -0.39 is 0 Å². The van der Waals surface area contributed by atoms with Gasteiger partial charge in [0.2, 0.25) is 0 Å². The Kier molecular flexibility index (Phi) is 8.22. The van der Waals surface area contributed by atoms with Gasteiger partial charge in [-0.15, -0.1) is 22.7 Å². The molecule has 4 heterocycles. The van der Waals surface area contributed by atoms with Crippen molar-refractivity contribution >= 4 is 94.3 Å². The van der Waals surface area contributed by atoms with Crippen LogP contribution in [0, 0.1) is 10.8 Å². The molecule has 0 saturated heterocycles. The molecule has 4 aromatic carbocycles. The van der Waals surface area contributed by atoms with Crippen molar-refractivity contribution < 1.29 is 0 Å². The molecule has 5 heteroatoms. The first-order valence-corrected chi connectivity index (χ1v) is 24.5. The van der Waals surface area contributed by atoms with Crippen molar-refractivity contribution in [1.82, 2.24) is 4.98 Å². The molecule has 0 spiro atoms. The van der Waals surface area contributed by atoms with Crippen molar-refractivity contribution in [3.63, 3.8) is 0 Å². The first-order chi connectivity index (χ1) is 29.7. The lowest BCUT2D eigenvalue weighted by molar-refractivity contribution is 0.267. The van der Waals surface area contributed by atoms with Crippen molar-refractivity contribution in [2.24, 2.45) is 10.8 Å². The number of benzene rings is 4. The molecule has 0 atom stereocenters. The number of nitrogens with one attached hydrogen (secondary N) is 1. The Balaban J connectivity index is 1.14. The van der Waals surface area contributed by atoms with E-state index in [2.05, 4.69) is 156 Å². The van der Waals surface area contributed by atoms with Gasteiger partial charge in [0.1, 0.15) is 4.83 Å². The van der Waals surface area contributed by atoms with E-state index in [0.717, 1.165) is 38.7 Å². The lowest BCUT2D eigenvalue weighted by Gasteiger charge is -2.42. The predicted octanol–water partition coefficient (Wildman–Crippen LogP) is 14.7. The van der Waals surface area contributed by atoms with Crippen LogP contribution in [0.3, 0.4) is 0 Å². The smallest absolute Gasteiger partial charge is 0.198 e. The van der Waals surface area contributed by atoms with Crippen LogP contribution in [0.5, 0.6) is 0 Å². The molecule has 7 aromatic rings. The molecule has 12 rings (SSSR count). The number of aromatic nitrogens is 1. The summed E-state index contributed by atoms with van der Waals surface area (Å²) in [7, 11) is 0.865. The second-order valence-electron chi connectivity index (χ2n) is 20.7. The van der Waals surface area contributed by atoms with Gasteiger partial charge in [-0.05, 0) is 143 Å². The monoisotopic (exact) mass is 842 g/mol. The van der Waals surface area contributed by atoms with Crippen LogP contribution in [0.2, 0.25) is 0 Å². The molecule has 1 aliphatic heterocycles. The third-order valence-corrected chi connectivity index (χ3v) is 18.3. The van der Waals surface area contributed by atoms with Crippen LogP contribution < -0.4 is 15.8 Å². The second kappa shape index (κ2) is 13.2. The maximum atomic E-state index is 5.10. The molecule has 2 nitrogen and oxygen atoms in total. The lowest BCUT2D eigenvalue weighted by atomic mass is 9.57. The average molecular weight is 843 g/mol. The Morgan fingerprint density at radius 2 is 1.60 bits per heavy atom. The fourth-order valence-corrected chi connectivity index (χ4v) is 14.5. The third kappa shape index (κ3) is 5.34. The van der Waals surface area contributed by atoms with Crippen LogP contribution in [-0.4, -0.2) is 12.3 Å². The van der Waals surface area contributed by atoms with Gasteiger partial charge in [-0.3, -0.25) is 0 Å². The van der Waals surface area contributed by atoms with Crippen molar-refractivity contribution in [2.45, 2.75) is 99.3 Å². The van der Waals surface area contributed by atoms with Gasteiger partial charge < -0.3 is 9.88 Å². The van der Waals surface area contributed by atoms with Crippen molar-refractivity contribution in [3.8, 4) is 11.1 Å². The Hall–Kier alpha value is -5.10. The van der Waals surface area contributed by atoms with Crippen LogP contribution in [0.1, 0.15) is 119 Å². The van der Waals surface area contributed by atoms with Gasteiger partial charge in [0, 0.05) is 58.5 Å². The Morgan fingerprint density at radius 1 is 0.823 bits per heavy atom. The van der Waals surface area contributed by atoms with Gasteiger partial charge in [0.05, 0.1) is 5.69 Å². The highest BCUT2D eigenvalue weighted by Crippen LogP contribution is 2.54. The van der Waals surface area contributed by atoms with E-state index in [0.29, 0.717) is 0 Å². The van der Waals surface area contributed by atoms with Crippen LogP contribution >= 0.6 is 22.7 Å². The first kappa shape index (κ1) is 38.6. The number of nitrogens with zero attached hydrogens (tertiary/aromatic N) is 1. The zero-order chi connectivity index (χ0) is 42.6. The lowest BCUT2D eigenvalue weighted by Crippen LogP contribution is -2.43. The molecule has 1 N–H and O–H groups in total. The van der Waals surface area contributed by atoms with Crippen LogP contribution in [0.4, 0.5) is 11.4 Å². The minimum absolute atomic E-state index is 0.0916. The summed E-state index contributed by atoms with van der Waals surface area (Å²) in [5.41, 5.74) is 23.5. The number of thiophene rings is 2. The summed E-state index contributed by atoms with van der Waals surface area (Å²) in [6.07, 6.45) is 16.6. The highest BCUT2D eigenvalue weighted by molar-refractivity contribution is 7.26. The second-order valence-corrected chi connectivity index (χ2v) is 22.8. The van der Waals surface area contributed by atoms with Crippen molar-refractivity contribution in [2.75, 3.05) is 4.90 Å². The van der Waals surface area contributed by atoms with E-state index in [-0.39, 0.29) is 16.2 Å². The number of hydrogen-bond donors (Lipinski definition) is 1. The summed E-state index contributed by atoms with van der Waals surface area (Å²) in [4.78, 5) is 9.46. The summed E-state index contributed by atoms with van der Waals surface area (Å²) in [5, 5.41) is 4.18. The third-order valence-electron chi connectivity index (χ3n) is 16.0. The normalized spacial score (nSPS) is 19.2. The van der Waals surface area contributed by atoms with Gasteiger partial charge in [-0.25, -0.2) is 0 Å². The van der Waals surface area contributed by atoms with Crippen LogP contribution in [0.15, 0.2) is 114 Å². The molecule has 0 saturated carbocycles. The average Bonchev–Trinajstić information content (AvgIpc) is 3.99. The molecule has 3 aromatic heterocycles. The number of hydrogen-bond acceptors (Lipinski definition) is 3. The van der Waals surface area contributed by atoms with E-state index in [1.165, 1.54) is 132 Å². The Labute approximate surface area is 375 Å². The maximum absolute atomic E-state index is 5.10. The molecule has 0 amide bonds. The zero-order valence-corrected chi connectivity index (χ0v) is 39.2. The van der Waals surface area contributed by atoms with Gasteiger partial charge in [0.15, 0.2) is 7.28 Å². The summed E-state index contributed by atoms with van der Waals surface area (Å²) < 4.78 is 2.74. The zero-order valence-electron chi connectivity index (χ0n) is 37.6. The number of anilines is 2. The summed E-state index contributed by atoms with van der Waals surface area (Å²) >= 11 is 3.92. The molecule has 0 bridgehead atoms. The molecule has 0 radical (unpaired) electrons. The summed E-state index contributed by atoms with van der Waals surface area (Å²) in [6, 6.07) is 25.8. The van der Waals surface area contributed by atoms with E-state index in [1.807, 2.05) is 22.7 Å². The quantitative estimate of drug-likeness (QED) is 0.138. The standard InChI is InChI=1S/C57H55BN2S2/c1-31(27-42-32(2)55(4,5)25-26-56(42,6)7)33(3)60-45-28-39-34-17-10-13-22-41(34)57(8,9)43(39)30-44(45)58-51-46(60)29-40-35-18-11-14-23-47(35)61-53(40)50(51)38-21-16-20-37-49-36-19-12-15-24-48(36)62-54(49)59-52(37)38/h10-11,13-15,17-18,21-24,27-30,58-59H,3,12,16,19-20,25-26H2,1-2,4-9H3/b31-27-. The van der Waals surface area contributed by atoms with E-state index in [9.17, 15) is 0 Å². The van der Waals surface area contributed by atoms with E-state index >= 15 is 0 Å².